The Morgan fingerprint density at radius 2 is 1.35 bits per heavy atom. The highest BCUT2D eigenvalue weighted by molar-refractivity contribution is 5.96. The summed E-state index contributed by atoms with van der Waals surface area (Å²) in [6.45, 7) is -1.07. The van der Waals surface area contributed by atoms with Crippen molar-refractivity contribution in [3.8, 4) is 51.8 Å². The van der Waals surface area contributed by atoms with E-state index >= 15 is 0 Å². The first-order valence-electron chi connectivity index (χ1n) is 11.9. The molecule has 10 heteroatoms. The van der Waals surface area contributed by atoms with E-state index in [0.29, 0.717) is 45.3 Å². The summed E-state index contributed by atoms with van der Waals surface area (Å²) in [7, 11) is 3.11. The number of nitrogens with one attached hydrogen (secondary N) is 1. The first kappa shape index (κ1) is 27.3. The van der Waals surface area contributed by atoms with E-state index in [1.807, 2.05) is 6.07 Å². The summed E-state index contributed by atoms with van der Waals surface area (Å²) >= 11 is 0. The van der Waals surface area contributed by atoms with Crippen molar-refractivity contribution < 1.29 is 33.0 Å². The Kier molecular flexibility index (Phi) is 8.65. The van der Waals surface area contributed by atoms with E-state index in [2.05, 4.69) is 11.4 Å². The molecule has 0 aliphatic heterocycles. The molecule has 3 aromatic carbocycles. The molecule has 4 aromatic rings. The van der Waals surface area contributed by atoms with Gasteiger partial charge in [0.15, 0.2) is 13.2 Å². The van der Waals surface area contributed by atoms with Crippen molar-refractivity contribution in [1.29, 1.82) is 10.5 Å². The highest BCUT2D eigenvalue weighted by Crippen LogP contribution is 2.42. The lowest BCUT2D eigenvalue weighted by molar-refractivity contribution is -0.149. The number of nitrogens with zero attached hydrogens (tertiary/aromatic N) is 2. The van der Waals surface area contributed by atoms with Crippen LogP contribution in [0.3, 0.4) is 0 Å². The molecule has 0 atom stereocenters. The van der Waals surface area contributed by atoms with E-state index in [0.717, 1.165) is 0 Å². The minimum Gasteiger partial charge on any atom is -0.497 e. The molecule has 1 aromatic heterocycles. The third-order valence-corrected chi connectivity index (χ3v) is 5.71. The second kappa shape index (κ2) is 12.7. The molecule has 1 amide bonds. The smallest absolute Gasteiger partial charge is 0.344 e. The molecule has 1 heterocycles. The zero-order chi connectivity index (χ0) is 28.5. The normalized spacial score (nSPS) is 10.1. The second-order valence-corrected chi connectivity index (χ2v) is 8.21. The van der Waals surface area contributed by atoms with Crippen LogP contribution in [0.15, 0.2) is 77.2 Å². The Hall–Kier alpha value is -5.74. The van der Waals surface area contributed by atoms with Gasteiger partial charge in [-0.15, -0.1) is 0 Å². The van der Waals surface area contributed by atoms with Crippen molar-refractivity contribution in [3.05, 3.63) is 83.9 Å². The van der Waals surface area contributed by atoms with Gasteiger partial charge in [-0.1, -0.05) is 12.1 Å². The average molecular weight is 538 g/mol. The fourth-order valence-corrected chi connectivity index (χ4v) is 3.72. The molecule has 40 heavy (non-hydrogen) atoms. The number of hydrogen-bond acceptors (Lipinski definition) is 9. The van der Waals surface area contributed by atoms with Gasteiger partial charge in [0.2, 0.25) is 5.88 Å². The largest absolute Gasteiger partial charge is 0.497 e. The SMILES string of the molecule is COc1ccc(-c2oc(NC(=O)COC(=O)COc3ccc(C#N)cc3)c(C#N)c2-c2ccc(OC)cc2)cc1. The number of furan rings is 1. The van der Waals surface area contributed by atoms with E-state index < -0.39 is 25.1 Å². The predicted octanol–water partition coefficient (Wildman–Crippen LogP) is 4.93. The van der Waals surface area contributed by atoms with Gasteiger partial charge in [-0.25, -0.2) is 4.79 Å². The lowest BCUT2D eigenvalue weighted by atomic mass is 9.98. The monoisotopic (exact) mass is 537 g/mol. The lowest BCUT2D eigenvalue weighted by Gasteiger charge is -2.07. The number of carbonyl (C=O) groups is 2. The van der Waals surface area contributed by atoms with Gasteiger partial charge in [-0.2, -0.15) is 10.5 Å². The van der Waals surface area contributed by atoms with Crippen molar-refractivity contribution in [1.82, 2.24) is 0 Å². The highest BCUT2D eigenvalue weighted by atomic mass is 16.6. The Bertz CT molecular complexity index is 1580. The highest BCUT2D eigenvalue weighted by Gasteiger charge is 2.25. The summed E-state index contributed by atoms with van der Waals surface area (Å²) in [6, 6.07) is 24.4. The molecule has 0 unspecified atom stereocenters. The van der Waals surface area contributed by atoms with Gasteiger partial charge in [0.1, 0.15) is 34.6 Å². The van der Waals surface area contributed by atoms with Gasteiger partial charge < -0.3 is 23.4 Å². The number of rotatable bonds is 10. The van der Waals surface area contributed by atoms with Gasteiger partial charge in [0.25, 0.3) is 5.91 Å². The number of esters is 1. The van der Waals surface area contributed by atoms with Crippen LogP contribution in [0.2, 0.25) is 0 Å². The number of carbonyl (C=O) groups excluding carboxylic acids is 2. The fourth-order valence-electron chi connectivity index (χ4n) is 3.72. The fraction of sp³-hybridized carbons (Fsp3) is 0.133. The summed E-state index contributed by atoms with van der Waals surface area (Å²) in [5.74, 6) is 0.417. The molecular formula is C30H23N3O7. The number of ether oxygens (including phenoxy) is 4. The third-order valence-electron chi connectivity index (χ3n) is 5.71. The summed E-state index contributed by atoms with van der Waals surface area (Å²) < 4.78 is 26.8. The van der Waals surface area contributed by atoms with Crippen molar-refractivity contribution in [2.75, 3.05) is 32.8 Å². The van der Waals surface area contributed by atoms with Crippen molar-refractivity contribution >= 4 is 17.8 Å². The number of nitriles is 2. The molecule has 200 valence electrons. The quantitative estimate of drug-likeness (QED) is 0.278. The van der Waals surface area contributed by atoms with Crippen molar-refractivity contribution in [2.45, 2.75) is 0 Å². The Morgan fingerprint density at radius 3 is 1.90 bits per heavy atom. The van der Waals surface area contributed by atoms with E-state index in [-0.39, 0.29) is 11.4 Å². The number of anilines is 1. The van der Waals surface area contributed by atoms with Crippen molar-refractivity contribution in [2.24, 2.45) is 0 Å². The summed E-state index contributed by atoms with van der Waals surface area (Å²) in [4.78, 5) is 24.7. The number of hydrogen-bond donors (Lipinski definition) is 1. The van der Waals surface area contributed by atoms with Crippen LogP contribution in [0, 0.1) is 22.7 Å². The average Bonchev–Trinajstić information content (AvgIpc) is 3.37. The minimum absolute atomic E-state index is 0.0889. The maximum Gasteiger partial charge on any atom is 0.344 e. The van der Waals surface area contributed by atoms with Crippen LogP contribution >= 0.6 is 0 Å². The first-order valence-corrected chi connectivity index (χ1v) is 11.9. The zero-order valence-electron chi connectivity index (χ0n) is 21.6. The molecular weight excluding hydrogens is 514 g/mol. The summed E-state index contributed by atoms with van der Waals surface area (Å²) in [6.07, 6.45) is 0. The lowest BCUT2D eigenvalue weighted by Crippen LogP contribution is -2.23. The van der Waals surface area contributed by atoms with Gasteiger partial charge in [-0.05, 0) is 66.2 Å². The molecule has 0 saturated heterocycles. The molecule has 0 spiro atoms. The van der Waals surface area contributed by atoms with Gasteiger partial charge in [-0.3, -0.25) is 10.1 Å². The predicted molar refractivity (Wildman–Crippen MR) is 144 cm³/mol. The van der Waals surface area contributed by atoms with Crippen LogP contribution in [0.4, 0.5) is 5.88 Å². The molecule has 0 radical (unpaired) electrons. The van der Waals surface area contributed by atoms with E-state index in [1.165, 1.54) is 0 Å². The molecule has 0 fully saturated rings. The molecule has 0 aliphatic rings. The molecule has 4 rings (SSSR count). The molecule has 0 saturated carbocycles. The Labute approximate surface area is 229 Å². The van der Waals surface area contributed by atoms with Crippen LogP contribution in [-0.2, 0) is 14.3 Å². The molecule has 0 bridgehead atoms. The molecule has 1 N–H and O–H groups in total. The molecule has 10 nitrogen and oxygen atoms in total. The van der Waals surface area contributed by atoms with E-state index in [1.54, 1.807) is 87.0 Å². The van der Waals surface area contributed by atoms with Crippen LogP contribution in [0.5, 0.6) is 17.2 Å². The Morgan fingerprint density at radius 1 is 0.775 bits per heavy atom. The topological polar surface area (TPSA) is 144 Å². The van der Waals surface area contributed by atoms with E-state index in [4.69, 9.17) is 28.6 Å². The van der Waals surface area contributed by atoms with Gasteiger partial charge in [0.05, 0.1) is 25.9 Å². The second-order valence-electron chi connectivity index (χ2n) is 8.21. The van der Waals surface area contributed by atoms with Crippen LogP contribution in [0.1, 0.15) is 11.1 Å². The summed E-state index contributed by atoms with van der Waals surface area (Å²) in [5, 5.41) is 21.4. The standard InChI is InChI=1S/C30H23N3O7/c1-36-22-11-5-20(6-12-22)28-25(16-32)30(40-29(28)21-7-13-23(37-2)14-8-21)33-26(34)17-39-27(35)18-38-24-9-3-19(15-31)4-10-24/h3-14H,17-18H2,1-2H3,(H,33,34). The van der Waals surface area contributed by atoms with Crippen molar-refractivity contribution in [3.63, 3.8) is 0 Å². The Balaban J connectivity index is 1.51. The third kappa shape index (κ3) is 6.39. The first-order chi connectivity index (χ1) is 19.4. The maximum absolute atomic E-state index is 12.6. The molecule has 0 aliphatic carbocycles. The van der Waals surface area contributed by atoms with Crippen LogP contribution in [0.25, 0.3) is 22.5 Å². The minimum atomic E-state index is -0.780. The van der Waals surface area contributed by atoms with Gasteiger partial charge >= 0.3 is 5.97 Å². The van der Waals surface area contributed by atoms with Crippen LogP contribution in [-0.4, -0.2) is 39.3 Å². The number of methoxy groups -OCH3 is 2. The van der Waals surface area contributed by atoms with Crippen LogP contribution < -0.4 is 19.5 Å². The van der Waals surface area contributed by atoms with E-state index in [9.17, 15) is 14.9 Å². The number of benzene rings is 3. The maximum atomic E-state index is 12.6. The number of amides is 1. The van der Waals surface area contributed by atoms with Gasteiger partial charge in [0, 0.05) is 11.1 Å². The zero-order valence-corrected chi connectivity index (χ0v) is 21.6. The summed E-state index contributed by atoms with van der Waals surface area (Å²) in [5.41, 5.74) is 2.33.